The fraction of sp³-hybridized carbons (Fsp3) is 0.182. The second-order valence-electron chi connectivity index (χ2n) is 6.54. The lowest BCUT2D eigenvalue weighted by molar-refractivity contribution is -0.114. The summed E-state index contributed by atoms with van der Waals surface area (Å²) in [6, 6.07) is 12.6. The molecule has 0 fully saturated rings. The largest absolute Gasteiger partial charge is 0.497 e. The third-order valence-electron chi connectivity index (χ3n) is 4.55. The van der Waals surface area contributed by atoms with E-state index in [1.807, 2.05) is 18.2 Å². The molecule has 0 saturated heterocycles. The molecular weight excluding hydrogens is 432 g/mol. The predicted molar refractivity (Wildman–Crippen MR) is 123 cm³/mol. The number of methoxy groups -OCH3 is 2. The normalized spacial score (nSPS) is 16.1. The third-order valence-corrected chi connectivity index (χ3v) is 5.22. The number of nitrogens with zero attached hydrogens (tertiary/aromatic N) is 3. The number of carbonyl (C=O) groups excluding carboxylic acids is 1. The molecule has 10 heteroatoms. The zero-order valence-electron chi connectivity index (χ0n) is 17.4. The zero-order chi connectivity index (χ0) is 22.5. The van der Waals surface area contributed by atoms with Gasteiger partial charge in [-0.25, -0.2) is 0 Å². The molecule has 32 heavy (non-hydrogen) atoms. The van der Waals surface area contributed by atoms with Crippen LogP contribution in [0.25, 0.3) is 6.08 Å². The van der Waals surface area contributed by atoms with Gasteiger partial charge in [-0.2, -0.15) is 15.1 Å². The van der Waals surface area contributed by atoms with E-state index in [1.165, 1.54) is 29.4 Å². The second kappa shape index (κ2) is 9.56. The number of ether oxygens (including phenoxy) is 4. The Bertz CT molecular complexity index is 1140. The van der Waals surface area contributed by atoms with Crippen LogP contribution in [0.15, 0.2) is 58.1 Å². The van der Waals surface area contributed by atoms with Crippen molar-refractivity contribution in [2.75, 3.05) is 27.4 Å². The summed E-state index contributed by atoms with van der Waals surface area (Å²) in [5.41, 5.74) is 2.36. The van der Waals surface area contributed by atoms with E-state index in [0.717, 1.165) is 5.75 Å². The Hall–Kier alpha value is -3.79. The number of carbonyl (C=O) groups is 1. The predicted octanol–water partition coefficient (Wildman–Crippen LogP) is 3.41. The Balaban J connectivity index is 1.41. The van der Waals surface area contributed by atoms with E-state index in [4.69, 9.17) is 24.4 Å². The standard InChI is InChI=1S/C22H20N4O5S/c1-28-15-4-3-5-16(12-15)30-8-9-31-18-7-6-14(11-19(18)29-2)10-17-20(23)26-22(25-21(17)27)32-13-24-26/h3-7,10-13,23H,8-9H2,1-2H3/b17-10-,23-20?. The number of benzene rings is 2. The van der Waals surface area contributed by atoms with Crippen LogP contribution in [0.4, 0.5) is 0 Å². The number of hydrogen-bond acceptors (Lipinski definition) is 8. The van der Waals surface area contributed by atoms with Gasteiger partial charge in [0.05, 0.1) is 25.3 Å². The van der Waals surface area contributed by atoms with Gasteiger partial charge in [0.2, 0.25) is 0 Å². The number of hydrazone groups is 1. The lowest BCUT2D eigenvalue weighted by Gasteiger charge is -2.20. The van der Waals surface area contributed by atoms with Crippen LogP contribution in [0.3, 0.4) is 0 Å². The second-order valence-corrected chi connectivity index (χ2v) is 7.35. The van der Waals surface area contributed by atoms with Crippen molar-refractivity contribution in [1.82, 2.24) is 5.01 Å². The molecule has 1 N–H and O–H groups in total. The molecule has 0 aliphatic carbocycles. The minimum atomic E-state index is -0.478. The number of hydrogen-bond donors (Lipinski definition) is 1. The molecule has 0 spiro atoms. The first-order chi connectivity index (χ1) is 15.6. The minimum Gasteiger partial charge on any atom is -0.497 e. The van der Waals surface area contributed by atoms with Crippen molar-refractivity contribution in [3.63, 3.8) is 0 Å². The van der Waals surface area contributed by atoms with E-state index < -0.39 is 5.91 Å². The molecule has 2 heterocycles. The van der Waals surface area contributed by atoms with Crippen LogP contribution in [0, 0.1) is 5.41 Å². The molecule has 2 aliphatic heterocycles. The first-order valence-electron chi connectivity index (χ1n) is 9.59. The molecule has 2 aromatic carbocycles. The summed E-state index contributed by atoms with van der Waals surface area (Å²) in [4.78, 5) is 16.3. The lowest BCUT2D eigenvalue weighted by atomic mass is 10.1. The summed E-state index contributed by atoms with van der Waals surface area (Å²) in [5, 5.41) is 14.0. The van der Waals surface area contributed by atoms with Gasteiger partial charge in [0.25, 0.3) is 5.91 Å². The molecule has 164 valence electrons. The van der Waals surface area contributed by atoms with Crippen molar-refractivity contribution < 1.29 is 23.7 Å². The number of amidine groups is 2. The highest BCUT2D eigenvalue weighted by molar-refractivity contribution is 8.25. The van der Waals surface area contributed by atoms with Gasteiger partial charge >= 0.3 is 0 Å². The Labute approximate surface area is 188 Å². The SMILES string of the molecule is COc1cccc(OCCOc2ccc(/C=C3/C(=N)N4N=CSC4=NC3=O)cc2OC)c1. The molecule has 0 atom stereocenters. The first-order valence-corrected chi connectivity index (χ1v) is 10.5. The van der Waals surface area contributed by atoms with Crippen molar-refractivity contribution >= 4 is 40.3 Å². The van der Waals surface area contributed by atoms with Gasteiger partial charge in [0, 0.05) is 6.07 Å². The van der Waals surface area contributed by atoms with E-state index in [9.17, 15) is 4.79 Å². The van der Waals surface area contributed by atoms with Crippen LogP contribution in [0.5, 0.6) is 23.0 Å². The van der Waals surface area contributed by atoms with Crippen LogP contribution in [0.1, 0.15) is 5.56 Å². The number of nitrogens with one attached hydrogen (secondary N) is 1. The number of amides is 1. The van der Waals surface area contributed by atoms with E-state index in [-0.39, 0.29) is 11.4 Å². The minimum absolute atomic E-state index is 0.0183. The van der Waals surface area contributed by atoms with Crippen LogP contribution >= 0.6 is 11.8 Å². The van der Waals surface area contributed by atoms with E-state index >= 15 is 0 Å². The molecule has 1 amide bonds. The molecule has 2 aliphatic rings. The average Bonchev–Trinajstić information content (AvgIpc) is 3.28. The molecule has 0 radical (unpaired) electrons. The van der Waals surface area contributed by atoms with Crippen LogP contribution in [-0.2, 0) is 4.79 Å². The summed E-state index contributed by atoms with van der Waals surface area (Å²) in [7, 11) is 3.14. The molecule has 0 aromatic heterocycles. The number of aliphatic imine (C=N–C) groups is 1. The van der Waals surface area contributed by atoms with Gasteiger partial charge in [-0.15, -0.1) is 0 Å². The lowest BCUT2D eigenvalue weighted by Crippen LogP contribution is -2.35. The van der Waals surface area contributed by atoms with E-state index in [0.29, 0.717) is 41.2 Å². The maximum Gasteiger partial charge on any atom is 0.283 e. The van der Waals surface area contributed by atoms with Crippen LogP contribution < -0.4 is 18.9 Å². The van der Waals surface area contributed by atoms with Crippen molar-refractivity contribution in [3.05, 3.63) is 53.6 Å². The van der Waals surface area contributed by atoms with Crippen LogP contribution in [-0.4, -0.2) is 54.9 Å². The van der Waals surface area contributed by atoms with Gasteiger partial charge < -0.3 is 18.9 Å². The Morgan fingerprint density at radius 2 is 1.84 bits per heavy atom. The van der Waals surface area contributed by atoms with Crippen molar-refractivity contribution in [2.45, 2.75) is 0 Å². The molecule has 0 saturated carbocycles. The first kappa shape index (κ1) is 21.4. The molecule has 0 bridgehead atoms. The molecule has 2 aromatic rings. The van der Waals surface area contributed by atoms with Crippen molar-refractivity contribution in [2.24, 2.45) is 10.1 Å². The summed E-state index contributed by atoms with van der Waals surface area (Å²) in [6.07, 6.45) is 1.58. The van der Waals surface area contributed by atoms with Gasteiger partial charge in [0.1, 0.15) is 24.7 Å². The Kier molecular flexibility index (Phi) is 6.41. The molecular formula is C22H20N4O5S. The zero-order valence-corrected chi connectivity index (χ0v) is 18.2. The molecule has 0 unspecified atom stereocenters. The number of rotatable bonds is 8. The van der Waals surface area contributed by atoms with Gasteiger partial charge in [-0.05, 0) is 47.7 Å². The third kappa shape index (κ3) is 4.59. The highest BCUT2D eigenvalue weighted by atomic mass is 32.2. The number of thioether (sulfide) groups is 1. The Morgan fingerprint density at radius 1 is 1.03 bits per heavy atom. The average molecular weight is 452 g/mol. The van der Waals surface area contributed by atoms with Gasteiger partial charge in [0.15, 0.2) is 22.5 Å². The van der Waals surface area contributed by atoms with E-state index in [1.54, 1.807) is 37.5 Å². The highest BCUT2D eigenvalue weighted by Gasteiger charge is 2.32. The highest BCUT2D eigenvalue weighted by Crippen LogP contribution is 2.30. The van der Waals surface area contributed by atoms with Crippen molar-refractivity contribution in [3.8, 4) is 23.0 Å². The maximum atomic E-state index is 12.3. The fourth-order valence-electron chi connectivity index (χ4n) is 3.00. The summed E-state index contributed by atoms with van der Waals surface area (Å²) < 4.78 is 22.1. The summed E-state index contributed by atoms with van der Waals surface area (Å²) >= 11 is 1.20. The van der Waals surface area contributed by atoms with Gasteiger partial charge in [-0.3, -0.25) is 10.2 Å². The quantitative estimate of drug-likeness (QED) is 0.483. The maximum absolute atomic E-state index is 12.3. The van der Waals surface area contributed by atoms with E-state index in [2.05, 4.69) is 10.1 Å². The molecule has 9 nitrogen and oxygen atoms in total. The fourth-order valence-corrected chi connectivity index (χ4v) is 3.61. The van der Waals surface area contributed by atoms with Crippen molar-refractivity contribution in [1.29, 1.82) is 5.41 Å². The number of fused-ring (bicyclic) bond motifs is 1. The topological polar surface area (TPSA) is 106 Å². The summed E-state index contributed by atoms with van der Waals surface area (Å²) in [6.45, 7) is 0.641. The summed E-state index contributed by atoms with van der Waals surface area (Å²) in [5.74, 6) is 1.94. The van der Waals surface area contributed by atoms with Gasteiger partial charge in [-0.1, -0.05) is 12.1 Å². The Morgan fingerprint density at radius 3 is 2.66 bits per heavy atom. The van der Waals surface area contributed by atoms with Crippen LogP contribution in [0.2, 0.25) is 0 Å². The molecule has 4 rings (SSSR count). The smallest absolute Gasteiger partial charge is 0.283 e. The monoisotopic (exact) mass is 452 g/mol.